The molecule has 0 unspecified atom stereocenters. The van der Waals surface area contributed by atoms with Crippen LogP contribution in [0.5, 0.6) is 11.5 Å². The fourth-order valence-electron chi connectivity index (χ4n) is 1.83. The Kier molecular flexibility index (Phi) is 5.80. The Morgan fingerprint density at radius 3 is 2.27 bits per heavy atom. The topological polar surface area (TPSA) is 104 Å². The first-order valence-electron chi connectivity index (χ1n) is 5.81. The molecule has 0 atom stereocenters. The minimum Gasteiger partial charge on any atom is -0.744 e. The number of hydrogen-bond donors (Lipinski definition) is 1. The number of phenols is 1. The van der Waals surface area contributed by atoms with Crippen LogP contribution in [0.15, 0.2) is 47.4 Å². The van der Waals surface area contributed by atoms with Crippen molar-refractivity contribution < 1.29 is 46.5 Å². The second-order valence-corrected chi connectivity index (χ2v) is 5.52. The number of phenolic OH excluding ortho intramolecular Hbond substituents is 1. The Morgan fingerprint density at radius 1 is 1.18 bits per heavy atom. The summed E-state index contributed by atoms with van der Waals surface area (Å²) in [6.45, 7) is 0. The number of hydrogen-bond acceptors (Lipinski definition) is 6. The van der Waals surface area contributed by atoms with E-state index in [2.05, 4.69) is 0 Å². The Bertz CT molecular complexity index is 786. The van der Waals surface area contributed by atoms with E-state index in [1.54, 1.807) is 18.2 Å². The van der Waals surface area contributed by atoms with Gasteiger partial charge in [-0.15, -0.1) is 0 Å². The normalized spacial score (nSPS) is 10.6. The van der Waals surface area contributed by atoms with Crippen LogP contribution in [0.3, 0.4) is 0 Å². The zero-order chi connectivity index (χ0) is 15.6. The van der Waals surface area contributed by atoms with E-state index in [0.29, 0.717) is 0 Å². The zero-order valence-electron chi connectivity index (χ0n) is 11.9. The maximum atomic E-state index is 12.2. The molecule has 0 aliphatic heterocycles. The molecular formula is C14H11LiO6S. The predicted molar refractivity (Wildman–Crippen MR) is 72.5 cm³/mol. The molecule has 0 amide bonds. The number of rotatable bonds is 4. The van der Waals surface area contributed by atoms with Crippen molar-refractivity contribution in [3.05, 3.63) is 53.6 Å². The summed E-state index contributed by atoms with van der Waals surface area (Å²) in [7, 11) is -3.68. The molecule has 0 heterocycles. The zero-order valence-corrected chi connectivity index (χ0v) is 12.8. The number of ether oxygens (including phenoxy) is 1. The summed E-state index contributed by atoms with van der Waals surface area (Å²) in [5.41, 5.74) is -0.0244. The summed E-state index contributed by atoms with van der Waals surface area (Å²) in [6.07, 6.45) is 0. The van der Waals surface area contributed by atoms with Crippen molar-refractivity contribution in [2.75, 3.05) is 7.11 Å². The maximum absolute atomic E-state index is 12.2. The van der Waals surface area contributed by atoms with Gasteiger partial charge in [-0.1, -0.05) is 30.3 Å². The molecule has 6 nitrogen and oxygen atoms in total. The van der Waals surface area contributed by atoms with Crippen molar-refractivity contribution in [3.8, 4) is 11.5 Å². The van der Waals surface area contributed by atoms with Crippen molar-refractivity contribution in [1.82, 2.24) is 0 Å². The summed E-state index contributed by atoms with van der Waals surface area (Å²) in [5.74, 6) is -1.37. The summed E-state index contributed by atoms with van der Waals surface area (Å²) < 4.78 is 38.4. The van der Waals surface area contributed by atoms with Crippen LogP contribution in [0.2, 0.25) is 0 Å². The summed E-state index contributed by atoms with van der Waals surface area (Å²) in [4.78, 5) is 11.6. The number of carbonyl (C=O) groups is 1. The molecule has 22 heavy (non-hydrogen) atoms. The van der Waals surface area contributed by atoms with Crippen molar-refractivity contribution in [3.63, 3.8) is 0 Å². The molecule has 0 aromatic heterocycles. The molecule has 0 spiro atoms. The summed E-state index contributed by atoms with van der Waals surface area (Å²) >= 11 is 0. The van der Waals surface area contributed by atoms with Gasteiger partial charge in [0.1, 0.15) is 21.6 Å². The third-order valence-electron chi connectivity index (χ3n) is 2.83. The first kappa shape index (κ1) is 18.3. The molecular weight excluding hydrogens is 303 g/mol. The van der Waals surface area contributed by atoms with Gasteiger partial charge in [-0.3, -0.25) is 4.79 Å². The van der Waals surface area contributed by atoms with Gasteiger partial charge in [-0.2, -0.15) is 0 Å². The van der Waals surface area contributed by atoms with Gasteiger partial charge in [-0.25, -0.2) is 8.42 Å². The molecule has 2 aromatic carbocycles. The first-order chi connectivity index (χ1) is 9.84. The molecule has 0 saturated heterocycles. The Balaban J connectivity index is 0.00000242. The van der Waals surface area contributed by atoms with Gasteiger partial charge in [0.05, 0.1) is 17.6 Å². The molecule has 0 aliphatic carbocycles. The smallest absolute Gasteiger partial charge is 0.744 e. The van der Waals surface area contributed by atoms with E-state index < -0.39 is 26.5 Å². The number of ketones is 1. The Morgan fingerprint density at radius 2 is 1.77 bits per heavy atom. The van der Waals surface area contributed by atoms with Crippen LogP contribution in [-0.4, -0.2) is 31.0 Å². The average Bonchev–Trinajstić information content (AvgIpc) is 2.45. The minimum absolute atomic E-state index is 0. The quantitative estimate of drug-likeness (QED) is 0.420. The summed E-state index contributed by atoms with van der Waals surface area (Å²) in [6, 6.07) is 9.73. The minimum atomic E-state index is -4.84. The van der Waals surface area contributed by atoms with Crippen molar-refractivity contribution in [2.45, 2.75) is 4.90 Å². The number of benzene rings is 2. The van der Waals surface area contributed by atoms with Crippen molar-refractivity contribution >= 4 is 15.9 Å². The van der Waals surface area contributed by atoms with Crippen LogP contribution in [0.25, 0.3) is 0 Å². The Hall–Kier alpha value is -1.78. The fraction of sp³-hybridized carbons (Fsp3) is 0.0714. The number of carbonyl (C=O) groups excluding carboxylic acids is 1. The largest absolute Gasteiger partial charge is 1.00 e. The van der Waals surface area contributed by atoms with Gasteiger partial charge in [-0.05, 0) is 6.07 Å². The number of aromatic hydroxyl groups is 1. The molecule has 0 bridgehead atoms. The molecule has 2 aromatic rings. The van der Waals surface area contributed by atoms with Gasteiger partial charge in [0.25, 0.3) is 0 Å². The first-order valence-corrected chi connectivity index (χ1v) is 7.22. The standard InChI is InChI=1S/C14H12O6S.Li/c1-20-12-8-11(15)10(7-13(12)21(17,18)19)14(16)9-5-3-2-4-6-9;/h2-8,15H,1H3,(H,17,18,19);/q;+1/p-1. The SMILES string of the molecule is COc1cc(O)c(C(=O)c2ccccc2)cc1S(=O)(=O)[O-].[Li+]. The van der Waals surface area contributed by atoms with Crippen molar-refractivity contribution in [2.24, 2.45) is 0 Å². The summed E-state index contributed by atoms with van der Waals surface area (Å²) in [5, 5.41) is 9.85. The maximum Gasteiger partial charge on any atom is 1.00 e. The van der Waals surface area contributed by atoms with Crippen LogP contribution in [0, 0.1) is 0 Å². The van der Waals surface area contributed by atoms with E-state index in [4.69, 9.17) is 4.74 Å². The second-order valence-electron chi connectivity index (χ2n) is 4.17. The second kappa shape index (κ2) is 6.98. The van der Waals surface area contributed by atoms with Crippen LogP contribution in [-0.2, 0) is 10.1 Å². The van der Waals surface area contributed by atoms with Gasteiger partial charge in [0.15, 0.2) is 5.78 Å². The number of methoxy groups -OCH3 is 1. The van der Waals surface area contributed by atoms with Gasteiger partial charge in [0.2, 0.25) is 0 Å². The third-order valence-corrected chi connectivity index (χ3v) is 3.69. The molecule has 8 heteroatoms. The monoisotopic (exact) mass is 314 g/mol. The average molecular weight is 314 g/mol. The van der Waals surface area contributed by atoms with E-state index in [1.165, 1.54) is 12.1 Å². The molecule has 1 N–H and O–H groups in total. The van der Waals surface area contributed by atoms with Gasteiger partial charge >= 0.3 is 18.9 Å². The Labute approximate surface area is 139 Å². The van der Waals surface area contributed by atoms with Crippen LogP contribution >= 0.6 is 0 Å². The molecule has 0 fully saturated rings. The molecule has 2 rings (SSSR count). The van der Waals surface area contributed by atoms with Crippen LogP contribution < -0.4 is 23.6 Å². The molecule has 0 radical (unpaired) electrons. The fourth-order valence-corrected chi connectivity index (χ4v) is 2.48. The van der Waals surface area contributed by atoms with Gasteiger partial charge in [0, 0.05) is 11.6 Å². The molecule has 0 aliphatic rings. The molecule has 110 valence electrons. The molecule has 0 saturated carbocycles. The van der Waals surface area contributed by atoms with E-state index in [0.717, 1.165) is 19.2 Å². The van der Waals surface area contributed by atoms with Crippen molar-refractivity contribution in [1.29, 1.82) is 0 Å². The van der Waals surface area contributed by atoms with Crippen LogP contribution in [0.1, 0.15) is 15.9 Å². The van der Waals surface area contributed by atoms with E-state index in [9.17, 15) is 22.9 Å². The predicted octanol–water partition coefficient (Wildman–Crippen LogP) is -1.46. The van der Waals surface area contributed by atoms with E-state index in [-0.39, 0.29) is 35.7 Å². The van der Waals surface area contributed by atoms with E-state index >= 15 is 0 Å². The van der Waals surface area contributed by atoms with Crippen LogP contribution in [0.4, 0.5) is 0 Å². The van der Waals surface area contributed by atoms with E-state index in [1.807, 2.05) is 0 Å². The third kappa shape index (κ3) is 3.70. The van der Waals surface area contributed by atoms with Gasteiger partial charge < -0.3 is 14.4 Å².